The third-order valence-electron chi connectivity index (χ3n) is 2.51. The van der Waals surface area contributed by atoms with Crippen molar-refractivity contribution in [1.82, 2.24) is 0 Å². The number of benzene rings is 1. The van der Waals surface area contributed by atoms with Gasteiger partial charge in [0, 0.05) is 17.9 Å². The molecule has 0 radical (unpaired) electrons. The highest BCUT2D eigenvalue weighted by Crippen LogP contribution is 2.22. The highest BCUT2D eigenvalue weighted by Gasteiger charge is 2.05. The summed E-state index contributed by atoms with van der Waals surface area (Å²) >= 11 is 1.55. The van der Waals surface area contributed by atoms with Crippen LogP contribution in [-0.4, -0.2) is 47.5 Å². The molecule has 0 aromatic heterocycles. The number of methoxy groups -OCH3 is 1. The molecule has 1 rings (SSSR count). The zero-order chi connectivity index (χ0) is 14.8. The van der Waals surface area contributed by atoms with E-state index < -0.39 is 6.10 Å². The second kappa shape index (κ2) is 9.67. The predicted octanol–water partition coefficient (Wildman–Crippen LogP) is 1.02. The molecule has 0 spiro atoms. The predicted molar refractivity (Wildman–Crippen MR) is 80.8 cm³/mol. The summed E-state index contributed by atoms with van der Waals surface area (Å²) in [6.45, 7) is -0.169. The molecule has 20 heavy (non-hydrogen) atoms. The van der Waals surface area contributed by atoms with E-state index in [-0.39, 0.29) is 13.2 Å². The molecule has 0 aliphatic carbocycles. The number of rotatable bonds is 7. The van der Waals surface area contributed by atoms with Crippen LogP contribution in [0.3, 0.4) is 0 Å². The molecule has 0 saturated carbocycles. The Morgan fingerprint density at radius 2 is 2.15 bits per heavy atom. The Labute approximate surface area is 123 Å². The van der Waals surface area contributed by atoms with Gasteiger partial charge in [0.05, 0.1) is 32.0 Å². The van der Waals surface area contributed by atoms with Gasteiger partial charge in [0.15, 0.2) is 0 Å². The van der Waals surface area contributed by atoms with E-state index in [1.165, 1.54) is 0 Å². The van der Waals surface area contributed by atoms with Gasteiger partial charge < -0.3 is 20.1 Å². The van der Waals surface area contributed by atoms with Crippen molar-refractivity contribution < 1.29 is 20.1 Å². The molecule has 0 saturated heterocycles. The number of hydrogen-bond donors (Lipinski definition) is 3. The largest absolute Gasteiger partial charge is 0.495 e. The van der Waals surface area contributed by atoms with Crippen LogP contribution in [-0.2, 0) is 5.75 Å². The van der Waals surface area contributed by atoms with Gasteiger partial charge in [-0.15, -0.1) is 0 Å². The van der Waals surface area contributed by atoms with E-state index in [4.69, 9.17) is 14.9 Å². The molecule has 3 N–H and O–H groups in total. The molecule has 0 fully saturated rings. The number of ether oxygens (including phenoxy) is 1. The minimum atomic E-state index is -0.679. The summed E-state index contributed by atoms with van der Waals surface area (Å²) in [6.07, 6.45) is -0.243. The maximum absolute atomic E-state index is 9.28. The second-order valence-electron chi connectivity index (χ2n) is 4.16. The van der Waals surface area contributed by atoms with Crippen molar-refractivity contribution >= 4 is 11.8 Å². The first kappa shape index (κ1) is 16.9. The fourth-order valence-corrected chi connectivity index (χ4v) is 2.43. The number of aliphatic hydroxyl groups is 3. The Morgan fingerprint density at radius 3 is 2.80 bits per heavy atom. The molecule has 110 valence electrons. The molecule has 0 aliphatic heterocycles. The molecule has 0 aliphatic rings. The van der Waals surface area contributed by atoms with Crippen molar-refractivity contribution in [3.63, 3.8) is 0 Å². The minimum absolute atomic E-state index is 0.0455. The molecule has 0 heterocycles. The maximum atomic E-state index is 9.28. The summed E-state index contributed by atoms with van der Waals surface area (Å²) in [5, 5.41) is 26.8. The molecule has 1 aromatic rings. The average Bonchev–Trinajstić information content (AvgIpc) is 2.47. The van der Waals surface area contributed by atoms with Crippen LogP contribution < -0.4 is 4.74 Å². The van der Waals surface area contributed by atoms with Crippen LogP contribution in [0.2, 0.25) is 0 Å². The normalized spacial score (nSPS) is 11.6. The lowest BCUT2D eigenvalue weighted by Crippen LogP contribution is -2.14. The van der Waals surface area contributed by atoms with Crippen molar-refractivity contribution in [1.29, 1.82) is 0 Å². The molecule has 1 unspecified atom stereocenters. The van der Waals surface area contributed by atoms with Gasteiger partial charge in [-0.25, -0.2) is 0 Å². The third kappa shape index (κ3) is 5.85. The summed E-state index contributed by atoms with van der Waals surface area (Å²) in [7, 11) is 1.60. The van der Waals surface area contributed by atoms with Crippen LogP contribution in [0.4, 0.5) is 0 Å². The molecule has 1 aromatic carbocycles. The molecule has 1 atom stereocenters. The first-order chi connectivity index (χ1) is 9.71. The quantitative estimate of drug-likeness (QED) is 0.655. The van der Waals surface area contributed by atoms with Crippen molar-refractivity contribution in [2.75, 3.05) is 26.1 Å². The van der Waals surface area contributed by atoms with Crippen LogP contribution in [0.25, 0.3) is 0 Å². The van der Waals surface area contributed by atoms with E-state index in [1.807, 2.05) is 18.2 Å². The van der Waals surface area contributed by atoms with Crippen LogP contribution in [0.15, 0.2) is 18.2 Å². The van der Waals surface area contributed by atoms with Gasteiger partial charge in [-0.1, -0.05) is 17.9 Å². The number of hydrogen-bond acceptors (Lipinski definition) is 5. The van der Waals surface area contributed by atoms with E-state index in [9.17, 15) is 5.11 Å². The van der Waals surface area contributed by atoms with Gasteiger partial charge in [-0.3, -0.25) is 0 Å². The zero-order valence-corrected chi connectivity index (χ0v) is 12.3. The van der Waals surface area contributed by atoms with Gasteiger partial charge in [-0.05, 0) is 17.7 Å². The van der Waals surface area contributed by atoms with Crippen molar-refractivity contribution in [2.45, 2.75) is 18.3 Å². The van der Waals surface area contributed by atoms with Gasteiger partial charge >= 0.3 is 0 Å². The summed E-state index contributed by atoms with van der Waals surface area (Å²) in [6, 6.07) is 5.76. The van der Waals surface area contributed by atoms with Crippen molar-refractivity contribution in [2.24, 2.45) is 0 Å². The lowest BCUT2D eigenvalue weighted by Gasteiger charge is -2.08. The highest BCUT2D eigenvalue weighted by molar-refractivity contribution is 7.98. The van der Waals surface area contributed by atoms with Crippen LogP contribution in [0.1, 0.15) is 17.5 Å². The highest BCUT2D eigenvalue weighted by atomic mass is 32.2. The fourth-order valence-electron chi connectivity index (χ4n) is 1.52. The second-order valence-corrected chi connectivity index (χ2v) is 5.19. The Kier molecular flexibility index (Phi) is 8.16. The molecule has 0 amide bonds. The number of aliphatic hydroxyl groups excluding tert-OH is 3. The lowest BCUT2D eigenvalue weighted by atomic mass is 10.1. The van der Waals surface area contributed by atoms with Gasteiger partial charge in [0.2, 0.25) is 0 Å². The fraction of sp³-hybridized carbons (Fsp3) is 0.467. The summed E-state index contributed by atoms with van der Waals surface area (Å²) < 4.78 is 5.25. The SMILES string of the molecule is COc1ccc(CSCC(O)CO)cc1C#CCCO. The first-order valence-electron chi connectivity index (χ1n) is 6.34. The van der Waals surface area contributed by atoms with E-state index in [0.717, 1.165) is 16.9 Å². The van der Waals surface area contributed by atoms with E-state index in [2.05, 4.69) is 11.8 Å². The Bertz CT molecular complexity index is 465. The van der Waals surface area contributed by atoms with E-state index in [0.29, 0.717) is 17.9 Å². The molecular formula is C15H20O4S. The maximum Gasteiger partial charge on any atom is 0.134 e. The Hall–Kier alpha value is -1.19. The Balaban J connectivity index is 2.69. The first-order valence-corrected chi connectivity index (χ1v) is 7.50. The third-order valence-corrected chi connectivity index (χ3v) is 3.67. The Morgan fingerprint density at radius 1 is 1.35 bits per heavy atom. The standard InChI is InChI=1S/C15H20O4S/c1-19-15-6-5-12(10-20-11-14(18)9-17)8-13(15)4-2-3-7-16/h5-6,8,14,16-18H,3,7,9-11H2,1H3. The van der Waals surface area contributed by atoms with E-state index >= 15 is 0 Å². The average molecular weight is 296 g/mol. The molecular weight excluding hydrogens is 276 g/mol. The van der Waals surface area contributed by atoms with Crippen molar-refractivity contribution in [3.05, 3.63) is 29.3 Å². The topological polar surface area (TPSA) is 69.9 Å². The molecule has 5 heteroatoms. The summed E-state index contributed by atoms with van der Waals surface area (Å²) in [5.41, 5.74) is 1.87. The lowest BCUT2D eigenvalue weighted by molar-refractivity contribution is 0.113. The van der Waals surface area contributed by atoms with Crippen LogP contribution >= 0.6 is 11.8 Å². The molecule has 4 nitrogen and oxygen atoms in total. The minimum Gasteiger partial charge on any atom is -0.495 e. The van der Waals surface area contributed by atoms with Gasteiger partial charge in [0.1, 0.15) is 5.75 Å². The van der Waals surface area contributed by atoms with Crippen LogP contribution in [0.5, 0.6) is 5.75 Å². The van der Waals surface area contributed by atoms with E-state index in [1.54, 1.807) is 18.9 Å². The monoisotopic (exact) mass is 296 g/mol. The summed E-state index contributed by atoms with van der Waals surface area (Å²) in [4.78, 5) is 0. The van der Waals surface area contributed by atoms with Crippen LogP contribution in [0, 0.1) is 11.8 Å². The summed E-state index contributed by atoms with van der Waals surface area (Å²) in [5.74, 6) is 7.79. The smallest absolute Gasteiger partial charge is 0.134 e. The van der Waals surface area contributed by atoms with Gasteiger partial charge in [0.25, 0.3) is 0 Å². The zero-order valence-electron chi connectivity index (χ0n) is 11.5. The van der Waals surface area contributed by atoms with Crippen molar-refractivity contribution in [3.8, 4) is 17.6 Å². The van der Waals surface area contributed by atoms with Gasteiger partial charge in [-0.2, -0.15) is 11.8 Å². The number of thioether (sulfide) groups is 1. The molecule has 0 bridgehead atoms.